The highest BCUT2D eigenvalue weighted by Crippen LogP contribution is 2.30. The number of benzene rings is 2. The number of halogens is 3. The molecule has 1 amide bonds. The average molecular weight is 414 g/mol. The average Bonchev–Trinajstić information content (AvgIpc) is 2.67. The molecule has 0 saturated heterocycles. The second-order valence-electron chi connectivity index (χ2n) is 5.60. The molecule has 0 saturated carbocycles. The van der Waals surface area contributed by atoms with E-state index >= 15 is 0 Å². The molecule has 2 aromatic rings. The van der Waals surface area contributed by atoms with E-state index in [1.165, 1.54) is 32.4 Å². The fourth-order valence-electron chi connectivity index (χ4n) is 2.44. The predicted octanol–water partition coefficient (Wildman–Crippen LogP) is 3.98. The minimum absolute atomic E-state index is 0.0241. The molecule has 150 valence electrons. The fraction of sp³-hybridized carbons (Fsp3) is 0.263. The first-order valence-electron chi connectivity index (χ1n) is 8.10. The van der Waals surface area contributed by atoms with E-state index in [4.69, 9.17) is 16.3 Å². The van der Waals surface area contributed by atoms with Gasteiger partial charge in [0, 0.05) is 10.6 Å². The summed E-state index contributed by atoms with van der Waals surface area (Å²) >= 11 is 5.88. The molecule has 0 aliphatic carbocycles. The Kier molecular flexibility index (Phi) is 7.57. The Morgan fingerprint density at radius 2 is 1.75 bits per heavy atom. The lowest BCUT2D eigenvalue weighted by atomic mass is 10.0. The van der Waals surface area contributed by atoms with Gasteiger partial charge in [-0.05, 0) is 35.9 Å². The van der Waals surface area contributed by atoms with Gasteiger partial charge in [-0.15, -0.1) is 0 Å². The first kappa shape index (κ1) is 21.4. The van der Waals surface area contributed by atoms with E-state index in [2.05, 4.69) is 14.8 Å². The number of carbonyl (C=O) groups is 2. The molecule has 1 unspecified atom stereocenters. The van der Waals surface area contributed by atoms with E-state index in [0.717, 1.165) is 0 Å². The zero-order valence-electron chi connectivity index (χ0n) is 15.1. The highest BCUT2D eigenvalue weighted by Gasteiger charge is 2.21. The molecule has 1 N–H and O–H groups in total. The summed E-state index contributed by atoms with van der Waals surface area (Å²) in [5.74, 6) is -1.27. The summed E-state index contributed by atoms with van der Waals surface area (Å²) < 4.78 is 38.9. The maximum Gasteiger partial charge on any atom is 0.387 e. The van der Waals surface area contributed by atoms with Crippen molar-refractivity contribution >= 4 is 23.5 Å². The molecule has 28 heavy (non-hydrogen) atoms. The molecule has 1 atom stereocenters. The van der Waals surface area contributed by atoms with Gasteiger partial charge in [0.1, 0.15) is 0 Å². The lowest BCUT2D eigenvalue weighted by molar-refractivity contribution is -0.141. The quantitative estimate of drug-likeness (QED) is 0.662. The zero-order valence-corrected chi connectivity index (χ0v) is 15.8. The Hall–Kier alpha value is -2.87. The lowest BCUT2D eigenvalue weighted by Gasteiger charge is -2.19. The number of rotatable bonds is 8. The SMILES string of the molecule is COC(=O)CC(NC(=O)c1ccc(OC(F)F)c(OC)c1)c1ccc(Cl)cc1. The van der Waals surface area contributed by atoms with Crippen LogP contribution in [0, 0.1) is 0 Å². The molecule has 0 aliphatic heterocycles. The van der Waals surface area contributed by atoms with Crippen molar-refractivity contribution in [1.82, 2.24) is 5.32 Å². The summed E-state index contributed by atoms with van der Waals surface area (Å²) in [6, 6.07) is 9.72. The number of hydrogen-bond donors (Lipinski definition) is 1. The third kappa shape index (κ3) is 5.82. The highest BCUT2D eigenvalue weighted by molar-refractivity contribution is 6.30. The number of nitrogens with one attached hydrogen (secondary N) is 1. The molecule has 0 radical (unpaired) electrons. The molecule has 0 spiro atoms. The molecule has 0 fully saturated rings. The van der Waals surface area contributed by atoms with Crippen LogP contribution < -0.4 is 14.8 Å². The monoisotopic (exact) mass is 413 g/mol. The third-order valence-corrected chi connectivity index (χ3v) is 4.07. The van der Waals surface area contributed by atoms with Gasteiger partial charge in [-0.3, -0.25) is 9.59 Å². The van der Waals surface area contributed by atoms with Crippen molar-refractivity contribution in [3.63, 3.8) is 0 Å². The Morgan fingerprint density at radius 3 is 2.32 bits per heavy atom. The molecule has 0 bridgehead atoms. The van der Waals surface area contributed by atoms with Crippen LogP contribution in [-0.4, -0.2) is 32.7 Å². The maximum atomic E-state index is 12.6. The Labute approximate surface area is 165 Å². The summed E-state index contributed by atoms with van der Waals surface area (Å²) in [6.07, 6.45) is -0.104. The van der Waals surface area contributed by atoms with Crippen LogP contribution in [-0.2, 0) is 9.53 Å². The van der Waals surface area contributed by atoms with Gasteiger partial charge in [0.2, 0.25) is 0 Å². The number of ether oxygens (including phenoxy) is 3. The summed E-state index contributed by atoms with van der Waals surface area (Å²) in [5, 5.41) is 3.22. The summed E-state index contributed by atoms with van der Waals surface area (Å²) in [7, 11) is 2.51. The smallest absolute Gasteiger partial charge is 0.387 e. The standard InChI is InChI=1S/C19H18ClF2NO5/c1-26-16-9-12(5-8-15(16)28-19(21)22)18(25)23-14(10-17(24)27-2)11-3-6-13(20)7-4-11/h3-9,14,19H,10H2,1-2H3,(H,23,25). The van der Waals surface area contributed by atoms with Crippen molar-refractivity contribution in [1.29, 1.82) is 0 Å². The van der Waals surface area contributed by atoms with Gasteiger partial charge < -0.3 is 19.5 Å². The van der Waals surface area contributed by atoms with Gasteiger partial charge in [0.15, 0.2) is 11.5 Å². The number of amides is 1. The lowest BCUT2D eigenvalue weighted by Crippen LogP contribution is -2.30. The van der Waals surface area contributed by atoms with Crippen LogP contribution in [0.5, 0.6) is 11.5 Å². The molecular formula is C19H18ClF2NO5. The van der Waals surface area contributed by atoms with E-state index in [-0.39, 0.29) is 23.5 Å². The molecule has 0 aliphatic rings. The van der Waals surface area contributed by atoms with Crippen molar-refractivity contribution in [3.8, 4) is 11.5 Å². The van der Waals surface area contributed by atoms with Crippen LogP contribution in [0.25, 0.3) is 0 Å². The second-order valence-corrected chi connectivity index (χ2v) is 6.04. The molecule has 6 nitrogen and oxygen atoms in total. The minimum atomic E-state index is -3.03. The highest BCUT2D eigenvalue weighted by atomic mass is 35.5. The predicted molar refractivity (Wildman–Crippen MR) is 97.9 cm³/mol. The topological polar surface area (TPSA) is 73.9 Å². The van der Waals surface area contributed by atoms with Gasteiger partial charge in [0.05, 0.1) is 26.7 Å². The second kappa shape index (κ2) is 9.89. The number of carbonyl (C=O) groups excluding carboxylic acids is 2. The van der Waals surface area contributed by atoms with Crippen LogP contribution >= 0.6 is 11.6 Å². The van der Waals surface area contributed by atoms with Crippen LogP contribution in [0.3, 0.4) is 0 Å². The Morgan fingerprint density at radius 1 is 1.07 bits per heavy atom. The van der Waals surface area contributed by atoms with Gasteiger partial charge in [0.25, 0.3) is 5.91 Å². The number of hydrogen-bond acceptors (Lipinski definition) is 5. The molecule has 2 aromatic carbocycles. The number of methoxy groups -OCH3 is 2. The minimum Gasteiger partial charge on any atom is -0.493 e. The molecule has 0 aromatic heterocycles. The Balaban J connectivity index is 2.24. The normalized spacial score (nSPS) is 11.6. The van der Waals surface area contributed by atoms with E-state index in [9.17, 15) is 18.4 Å². The van der Waals surface area contributed by atoms with Crippen molar-refractivity contribution < 1.29 is 32.6 Å². The van der Waals surface area contributed by atoms with E-state index in [1.54, 1.807) is 24.3 Å². The summed E-state index contributed by atoms with van der Waals surface area (Å²) in [4.78, 5) is 24.4. The van der Waals surface area contributed by atoms with Crippen molar-refractivity contribution in [2.45, 2.75) is 19.1 Å². The Bertz CT molecular complexity index is 830. The van der Waals surface area contributed by atoms with Gasteiger partial charge in [-0.1, -0.05) is 23.7 Å². The number of esters is 1. The van der Waals surface area contributed by atoms with Gasteiger partial charge in [-0.25, -0.2) is 0 Å². The molecular weight excluding hydrogens is 396 g/mol. The van der Waals surface area contributed by atoms with E-state index in [0.29, 0.717) is 10.6 Å². The van der Waals surface area contributed by atoms with Crippen molar-refractivity contribution in [2.75, 3.05) is 14.2 Å². The zero-order chi connectivity index (χ0) is 20.7. The van der Waals surface area contributed by atoms with Crippen LogP contribution in [0.15, 0.2) is 42.5 Å². The molecule has 0 heterocycles. The van der Waals surface area contributed by atoms with Gasteiger partial charge >= 0.3 is 12.6 Å². The maximum absolute atomic E-state index is 12.6. The third-order valence-electron chi connectivity index (χ3n) is 3.82. The molecule has 2 rings (SSSR count). The number of alkyl halides is 2. The summed E-state index contributed by atoms with van der Waals surface area (Å²) in [5.41, 5.74) is 0.787. The fourth-order valence-corrected chi connectivity index (χ4v) is 2.57. The summed E-state index contributed by atoms with van der Waals surface area (Å²) in [6.45, 7) is -3.03. The van der Waals surface area contributed by atoms with Crippen LogP contribution in [0.1, 0.15) is 28.4 Å². The van der Waals surface area contributed by atoms with Crippen LogP contribution in [0.4, 0.5) is 8.78 Å². The largest absolute Gasteiger partial charge is 0.493 e. The van der Waals surface area contributed by atoms with Crippen molar-refractivity contribution in [3.05, 3.63) is 58.6 Å². The van der Waals surface area contributed by atoms with Gasteiger partial charge in [-0.2, -0.15) is 8.78 Å². The van der Waals surface area contributed by atoms with E-state index in [1.807, 2.05) is 0 Å². The van der Waals surface area contributed by atoms with Crippen LogP contribution in [0.2, 0.25) is 5.02 Å². The van der Waals surface area contributed by atoms with Crippen molar-refractivity contribution in [2.24, 2.45) is 0 Å². The first-order chi connectivity index (χ1) is 13.3. The first-order valence-corrected chi connectivity index (χ1v) is 8.47. The molecule has 9 heteroatoms. The van der Waals surface area contributed by atoms with E-state index < -0.39 is 24.5 Å².